The quantitative estimate of drug-likeness (QED) is 0.843. The van der Waals surface area contributed by atoms with Crippen molar-refractivity contribution in [2.75, 3.05) is 6.54 Å². The molecule has 3 heteroatoms. The van der Waals surface area contributed by atoms with E-state index in [0.717, 1.165) is 23.3 Å². The van der Waals surface area contributed by atoms with Crippen molar-refractivity contribution in [3.8, 4) is 5.75 Å². The van der Waals surface area contributed by atoms with Crippen LogP contribution >= 0.6 is 15.9 Å². The Balaban J connectivity index is 2.10. The van der Waals surface area contributed by atoms with Crippen molar-refractivity contribution in [1.29, 1.82) is 0 Å². The number of ether oxygens (including phenoxy) is 1. The molecular weight excluding hydrogens is 314 g/mol. The van der Waals surface area contributed by atoms with Gasteiger partial charge in [-0.15, -0.1) is 0 Å². The fourth-order valence-electron chi connectivity index (χ4n) is 2.01. The highest BCUT2D eigenvalue weighted by atomic mass is 79.9. The third-order valence-electron chi connectivity index (χ3n) is 3.23. The van der Waals surface area contributed by atoms with Crippen LogP contribution in [-0.2, 0) is 13.2 Å². The molecule has 0 aliphatic carbocycles. The van der Waals surface area contributed by atoms with Crippen LogP contribution in [0.4, 0.5) is 0 Å². The van der Waals surface area contributed by atoms with Gasteiger partial charge >= 0.3 is 0 Å². The van der Waals surface area contributed by atoms with E-state index in [-0.39, 0.29) is 0 Å². The summed E-state index contributed by atoms with van der Waals surface area (Å²) in [4.78, 5) is 0. The molecular formula is C17H20BrNO. The molecule has 0 aromatic heterocycles. The number of nitrogens with one attached hydrogen (secondary N) is 1. The summed E-state index contributed by atoms with van der Waals surface area (Å²) in [6.07, 6.45) is 0. The van der Waals surface area contributed by atoms with Crippen molar-refractivity contribution < 1.29 is 4.74 Å². The minimum Gasteiger partial charge on any atom is -0.489 e. The van der Waals surface area contributed by atoms with Gasteiger partial charge in [0, 0.05) is 16.6 Å². The SMILES string of the molecule is CCNCc1cc(Br)ccc1OCc1ccccc1C. The van der Waals surface area contributed by atoms with Crippen LogP contribution in [0, 0.1) is 6.92 Å². The van der Waals surface area contributed by atoms with Crippen LogP contribution in [0.25, 0.3) is 0 Å². The molecule has 20 heavy (non-hydrogen) atoms. The van der Waals surface area contributed by atoms with Gasteiger partial charge in [0.2, 0.25) is 0 Å². The van der Waals surface area contributed by atoms with Crippen molar-refractivity contribution in [2.24, 2.45) is 0 Å². The molecule has 2 rings (SSSR count). The molecule has 0 heterocycles. The Kier molecular flexibility index (Phi) is 5.62. The second-order valence-corrected chi connectivity index (χ2v) is 5.66. The van der Waals surface area contributed by atoms with E-state index in [9.17, 15) is 0 Å². The van der Waals surface area contributed by atoms with E-state index >= 15 is 0 Å². The fraction of sp³-hybridized carbons (Fsp3) is 0.294. The van der Waals surface area contributed by atoms with Crippen molar-refractivity contribution in [3.05, 3.63) is 63.6 Å². The minimum absolute atomic E-state index is 0.605. The van der Waals surface area contributed by atoms with E-state index in [2.05, 4.69) is 59.4 Å². The number of aryl methyl sites for hydroxylation is 1. The van der Waals surface area contributed by atoms with Crippen LogP contribution in [-0.4, -0.2) is 6.54 Å². The molecule has 106 valence electrons. The summed E-state index contributed by atoms with van der Waals surface area (Å²) in [7, 11) is 0. The zero-order valence-electron chi connectivity index (χ0n) is 11.9. The molecule has 0 aliphatic rings. The second-order valence-electron chi connectivity index (χ2n) is 4.75. The van der Waals surface area contributed by atoms with Crippen molar-refractivity contribution in [1.82, 2.24) is 5.32 Å². The molecule has 2 nitrogen and oxygen atoms in total. The van der Waals surface area contributed by atoms with Gasteiger partial charge in [-0.25, -0.2) is 0 Å². The topological polar surface area (TPSA) is 21.3 Å². The van der Waals surface area contributed by atoms with Crippen LogP contribution in [0.15, 0.2) is 46.9 Å². The van der Waals surface area contributed by atoms with E-state index in [1.54, 1.807) is 0 Å². The van der Waals surface area contributed by atoms with Crippen LogP contribution in [0.5, 0.6) is 5.75 Å². The second kappa shape index (κ2) is 7.46. The van der Waals surface area contributed by atoms with Gasteiger partial charge in [0.15, 0.2) is 0 Å². The summed E-state index contributed by atoms with van der Waals surface area (Å²) in [5.74, 6) is 0.942. The summed E-state index contributed by atoms with van der Waals surface area (Å²) >= 11 is 3.51. The molecule has 0 atom stereocenters. The first-order valence-corrected chi connectivity index (χ1v) is 7.66. The average Bonchev–Trinajstić information content (AvgIpc) is 2.45. The molecule has 0 fully saturated rings. The maximum absolute atomic E-state index is 6.00. The number of hydrogen-bond acceptors (Lipinski definition) is 2. The zero-order valence-corrected chi connectivity index (χ0v) is 13.5. The van der Waals surface area contributed by atoms with Crippen molar-refractivity contribution in [2.45, 2.75) is 27.0 Å². The minimum atomic E-state index is 0.605. The average molecular weight is 334 g/mol. The van der Waals surface area contributed by atoms with Gasteiger partial charge in [0.25, 0.3) is 0 Å². The van der Waals surface area contributed by atoms with Gasteiger partial charge in [-0.3, -0.25) is 0 Å². The Morgan fingerprint density at radius 1 is 1.10 bits per heavy atom. The molecule has 2 aromatic rings. The fourth-order valence-corrected chi connectivity index (χ4v) is 2.42. The standard InChI is InChI=1S/C17H20BrNO/c1-3-19-11-15-10-16(18)8-9-17(15)20-12-14-7-5-4-6-13(14)2/h4-10,19H,3,11-12H2,1-2H3. The zero-order chi connectivity index (χ0) is 14.4. The van der Waals surface area contributed by atoms with E-state index in [1.165, 1.54) is 16.7 Å². The Morgan fingerprint density at radius 2 is 1.90 bits per heavy atom. The monoisotopic (exact) mass is 333 g/mol. The summed E-state index contributed by atoms with van der Waals surface area (Å²) in [6, 6.07) is 14.5. The normalized spacial score (nSPS) is 10.6. The largest absolute Gasteiger partial charge is 0.489 e. The third kappa shape index (κ3) is 4.09. The van der Waals surface area contributed by atoms with Gasteiger partial charge in [0.1, 0.15) is 12.4 Å². The molecule has 0 aliphatic heterocycles. The molecule has 0 spiro atoms. The molecule has 0 bridgehead atoms. The summed E-state index contributed by atoms with van der Waals surface area (Å²) < 4.78 is 7.07. The molecule has 0 saturated carbocycles. The predicted molar refractivity (Wildman–Crippen MR) is 87.0 cm³/mol. The summed E-state index contributed by atoms with van der Waals surface area (Å²) in [5.41, 5.74) is 3.66. The highest BCUT2D eigenvalue weighted by molar-refractivity contribution is 9.10. The lowest BCUT2D eigenvalue weighted by molar-refractivity contribution is 0.301. The first-order valence-electron chi connectivity index (χ1n) is 6.87. The molecule has 0 unspecified atom stereocenters. The van der Waals surface area contributed by atoms with Crippen molar-refractivity contribution >= 4 is 15.9 Å². The van der Waals surface area contributed by atoms with Crippen LogP contribution in [0.2, 0.25) is 0 Å². The van der Waals surface area contributed by atoms with Gasteiger partial charge in [-0.2, -0.15) is 0 Å². The summed E-state index contributed by atoms with van der Waals surface area (Å²) in [6.45, 7) is 6.59. The predicted octanol–water partition coefficient (Wildman–Crippen LogP) is 4.45. The maximum atomic E-state index is 6.00. The van der Waals surface area contributed by atoms with Gasteiger partial charge < -0.3 is 10.1 Å². The van der Waals surface area contributed by atoms with Gasteiger partial charge in [0.05, 0.1) is 0 Å². The number of hydrogen-bond donors (Lipinski definition) is 1. The Labute approximate surface area is 129 Å². The van der Waals surface area contributed by atoms with Gasteiger partial charge in [-0.1, -0.05) is 47.1 Å². The van der Waals surface area contributed by atoms with E-state index in [0.29, 0.717) is 6.61 Å². The van der Waals surface area contributed by atoms with Gasteiger partial charge in [-0.05, 0) is 42.8 Å². The van der Waals surface area contributed by atoms with E-state index < -0.39 is 0 Å². The van der Waals surface area contributed by atoms with Crippen LogP contribution < -0.4 is 10.1 Å². The van der Waals surface area contributed by atoms with Crippen LogP contribution in [0.1, 0.15) is 23.6 Å². The third-order valence-corrected chi connectivity index (χ3v) is 3.73. The summed E-state index contributed by atoms with van der Waals surface area (Å²) in [5, 5.41) is 3.34. The molecule has 0 amide bonds. The molecule has 0 saturated heterocycles. The maximum Gasteiger partial charge on any atom is 0.124 e. The lowest BCUT2D eigenvalue weighted by Gasteiger charge is -2.13. The number of halogens is 1. The van der Waals surface area contributed by atoms with E-state index in [1.807, 2.05) is 18.2 Å². The lowest BCUT2D eigenvalue weighted by atomic mass is 10.1. The number of rotatable bonds is 6. The molecule has 0 radical (unpaired) electrons. The Hall–Kier alpha value is -1.32. The molecule has 2 aromatic carbocycles. The smallest absolute Gasteiger partial charge is 0.124 e. The Bertz CT molecular complexity index is 569. The Morgan fingerprint density at radius 3 is 2.65 bits per heavy atom. The first kappa shape index (κ1) is 15.1. The van der Waals surface area contributed by atoms with Crippen molar-refractivity contribution in [3.63, 3.8) is 0 Å². The van der Waals surface area contributed by atoms with Crippen LogP contribution in [0.3, 0.4) is 0 Å². The molecule has 1 N–H and O–H groups in total. The van der Waals surface area contributed by atoms with E-state index in [4.69, 9.17) is 4.74 Å². The highest BCUT2D eigenvalue weighted by Gasteiger charge is 2.05. The number of benzene rings is 2. The first-order chi connectivity index (χ1) is 9.70. The highest BCUT2D eigenvalue weighted by Crippen LogP contribution is 2.24. The lowest BCUT2D eigenvalue weighted by Crippen LogP contribution is -2.13.